The van der Waals surface area contributed by atoms with Crippen molar-refractivity contribution in [3.05, 3.63) is 109 Å². The molecule has 1 aliphatic heterocycles. The van der Waals surface area contributed by atoms with Crippen molar-refractivity contribution in [1.82, 2.24) is 0 Å². The SMILES string of the molecule is CC/C=C\C/C=C\C/C=C\C/C=C\C/C=C\CCCCCC(=O)OC1C(OCC(COC(=O)CCCCCCCC/C=C\C/C=C\C/C=C\C/C=C\CC)OC(=O)CCCCCCCCCCCCCCCCCCCCC)OC(C(=O)O)C(O)C1O. The first-order valence-corrected chi connectivity index (χ1v) is 34.9. The Kier molecular flexibility index (Phi) is 56.9. The van der Waals surface area contributed by atoms with Crippen molar-refractivity contribution in [1.29, 1.82) is 0 Å². The summed E-state index contributed by atoms with van der Waals surface area (Å²) in [6.45, 7) is 5.79. The Labute approximate surface area is 529 Å². The van der Waals surface area contributed by atoms with Crippen molar-refractivity contribution in [2.75, 3.05) is 13.2 Å². The molecule has 1 aliphatic rings. The number of carboxylic acids is 1. The zero-order valence-corrected chi connectivity index (χ0v) is 55.0. The maximum Gasteiger partial charge on any atom is 0.335 e. The maximum absolute atomic E-state index is 13.3. The van der Waals surface area contributed by atoms with Gasteiger partial charge in [-0.1, -0.05) is 278 Å². The second-order valence-corrected chi connectivity index (χ2v) is 23.4. The summed E-state index contributed by atoms with van der Waals surface area (Å²) in [5.41, 5.74) is 0. The lowest BCUT2D eigenvalue weighted by atomic mass is 9.98. The Hall–Kier alpha value is -4.62. The summed E-state index contributed by atoms with van der Waals surface area (Å²) in [5, 5.41) is 31.7. The van der Waals surface area contributed by atoms with Crippen LogP contribution in [0.3, 0.4) is 0 Å². The lowest BCUT2D eigenvalue weighted by Gasteiger charge is -2.40. The molecule has 3 N–H and O–H groups in total. The summed E-state index contributed by atoms with van der Waals surface area (Å²) in [6.07, 6.45) is 71.8. The van der Waals surface area contributed by atoms with Crippen LogP contribution in [-0.2, 0) is 42.9 Å². The third kappa shape index (κ3) is 50.9. The van der Waals surface area contributed by atoms with Gasteiger partial charge in [-0.3, -0.25) is 14.4 Å². The number of ether oxygens (including phenoxy) is 5. The molecule has 6 atom stereocenters. The summed E-state index contributed by atoms with van der Waals surface area (Å²) in [6, 6.07) is 0. The number of hydrogen-bond acceptors (Lipinski definition) is 11. The number of aliphatic carboxylic acids is 1. The molecule has 0 aliphatic carbocycles. The Bertz CT molecular complexity index is 1930. The van der Waals surface area contributed by atoms with Crippen LogP contribution in [0.2, 0.25) is 0 Å². The third-order valence-electron chi connectivity index (χ3n) is 15.3. The van der Waals surface area contributed by atoms with Gasteiger partial charge in [-0.2, -0.15) is 0 Å². The van der Waals surface area contributed by atoms with Crippen molar-refractivity contribution < 1.29 is 58.2 Å². The minimum atomic E-state index is -1.92. The summed E-state index contributed by atoms with van der Waals surface area (Å²) in [4.78, 5) is 51.5. The van der Waals surface area contributed by atoms with Gasteiger partial charge in [-0.15, -0.1) is 0 Å². The van der Waals surface area contributed by atoms with E-state index in [0.29, 0.717) is 19.3 Å². The average Bonchev–Trinajstić information content (AvgIpc) is 2.60. The van der Waals surface area contributed by atoms with Gasteiger partial charge in [0.05, 0.1) is 6.61 Å². The van der Waals surface area contributed by atoms with E-state index < -0.39 is 67.3 Å². The van der Waals surface area contributed by atoms with Gasteiger partial charge < -0.3 is 39.0 Å². The van der Waals surface area contributed by atoms with Crippen LogP contribution >= 0.6 is 0 Å². The van der Waals surface area contributed by atoms with Gasteiger partial charge in [-0.25, -0.2) is 4.79 Å². The second kappa shape index (κ2) is 61.6. The maximum atomic E-state index is 13.3. The molecule has 0 saturated carbocycles. The molecule has 12 heteroatoms. The molecule has 0 aromatic heterocycles. The molecule has 1 fully saturated rings. The number of allylic oxidation sites excluding steroid dienone is 18. The average molecular weight is 1220 g/mol. The molecule has 0 aromatic rings. The van der Waals surface area contributed by atoms with Crippen molar-refractivity contribution >= 4 is 23.9 Å². The molecule has 6 unspecified atom stereocenters. The van der Waals surface area contributed by atoms with Crippen molar-refractivity contribution in [2.24, 2.45) is 0 Å². The molecular formula is C75H124O12. The topological polar surface area (TPSA) is 175 Å². The first kappa shape index (κ1) is 80.4. The molecule has 87 heavy (non-hydrogen) atoms. The van der Waals surface area contributed by atoms with Gasteiger partial charge >= 0.3 is 23.9 Å². The van der Waals surface area contributed by atoms with Gasteiger partial charge in [0, 0.05) is 19.3 Å². The van der Waals surface area contributed by atoms with E-state index in [1.807, 2.05) is 0 Å². The normalized spacial score (nSPS) is 18.0. The van der Waals surface area contributed by atoms with Crippen LogP contribution < -0.4 is 0 Å². The lowest BCUT2D eigenvalue weighted by Crippen LogP contribution is -2.61. The van der Waals surface area contributed by atoms with Gasteiger partial charge in [0.15, 0.2) is 24.6 Å². The molecule has 0 aromatic carbocycles. The summed E-state index contributed by atoms with van der Waals surface area (Å²) in [7, 11) is 0. The highest BCUT2D eigenvalue weighted by molar-refractivity contribution is 5.74. The Balaban J connectivity index is 2.67. The number of esters is 3. The largest absolute Gasteiger partial charge is 0.479 e. The highest BCUT2D eigenvalue weighted by Crippen LogP contribution is 2.27. The fourth-order valence-electron chi connectivity index (χ4n) is 10.1. The predicted octanol–water partition coefficient (Wildman–Crippen LogP) is 19.4. The Morgan fingerprint density at radius 2 is 0.724 bits per heavy atom. The summed E-state index contributed by atoms with van der Waals surface area (Å²) in [5.74, 6) is -3.17. The number of carboxylic acid groups (broad SMARTS) is 1. The van der Waals surface area contributed by atoms with Crippen LogP contribution in [-0.4, -0.2) is 89.2 Å². The van der Waals surface area contributed by atoms with E-state index in [1.54, 1.807) is 0 Å². The van der Waals surface area contributed by atoms with Crippen LogP contribution in [0.15, 0.2) is 109 Å². The zero-order chi connectivity index (χ0) is 63.1. The van der Waals surface area contributed by atoms with E-state index in [9.17, 15) is 34.5 Å². The molecule has 496 valence electrons. The van der Waals surface area contributed by atoms with E-state index in [0.717, 1.165) is 135 Å². The summed E-state index contributed by atoms with van der Waals surface area (Å²) >= 11 is 0. The molecule has 1 rings (SSSR count). The molecule has 0 bridgehead atoms. The number of rotatable bonds is 59. The van der Waals surface area contributed by atoms with Crippen LogP contribution in [0.5, 0.6) is 0 Å². The van der Waals surface area contributed by atoms with Crippen LogP contribution in [0, 0.1) is 0 Å². The van der Waals surface area contributed by atoms with E-state index in [2.05, 4.69) is 130 Å². The van der Waals surface area contributed by atoms with Gasteiger partial charge in [0.2, 0.25) is 0 Å². The minimum Gasteiger partial charge on any atom is -0.479 e. The first-order valence-electron chi connectivity index (χ1n) is 34.9. The van der Waals surface area contributed by atoms with Gasteiger partial charge in [0.1, 0.15) is 18.8 Å². The molecule has 0 spiro atoms. The summed E-state index contributed by atoms with van der Waals surface area (Å²) < 4.78 is 28.6. The van der Waals surface area contributed by atoms with Gasteiger partial charge in [-0.05, 0) is 103 Å². The fraction of sp³-hybridized carbons (Fsp3) is 0.707. The Morgan fingerprint density at radius 1 is 0.391 bits per heavy atom. The highest BCUT2D eigenvalue weighted by Gasteiger charge is 2.50. The van der Waals surface area contributed by atoms with E-state index in [4.69, 9.17) is 23.7 Å². The quantitative estimate of drug-likeness (QED) is 0.0228. The Morgan fingerprint density at radius 3 is 1.11 bits per heavy atom. The first-order chi connectivity index (χ1) is 42.6. The lowest BCUT2D eigenvalue weighted by molar-refractivity contribution is -0.301. The number of carbonyl (C=O) groups is 4. The minimum absolute atomic E-state index is 0.0163. The van der Waals surface area contributed by atoms with Crippen molar-refractivity contribution in [3.8, 4) is 0 Å². The van der Waals surface area contributed by atoms with E-state index >= 15 is 0 Å². The fourth-order valence-corrected chi connectivity index (χ4v) is 10.1. The van der Waals surface area contributed by atoms with Crippen molar-refractivity contribution in [3.63, 3.8) is 0 Å². The number of hydrogen-bond donors (Lipinski definition) is 3. The van der Waals surface area contributed by atoms with Crippen LogP contribution in [0.1, 0.15) is 290 Å². The van der Waals surface area contributed by atoms with Gasteiger partial charge in [0.25, 0.3) is 0 Å². The zero-order valence-electron chi connectivity index (χ0n) is 55.0. The molecule has 0 radical (unpaired) electrons. The molecule has 1 heterocycles. The van der Waals surface area contributed by atoms with Crippen molar-refractivity contribution in [2.45, 2.75) is 327 Å². The number of aliphatic hydroxyl groups is 2. The number of aliphatic hydroxyl groups excluding tert-OH is 2. The van der Waals surface area contributed by atoms with Crippen LogP contribution in [0.25, 0.3) is 0 Å². The van der Waals surface area contributed by atoms with E-state index in [-0.39, 0.29) is 25.9 Å². The second-order valence-electron chi connectivity index (χ2n) is 23.4. The number of unbranched alkanes of at least 4 members (excludes halogenated alkanes) is 27. The number of carbonyl (C=O) groups excluding carboxylic acids is 3. The standard InChI is InChI=1S/C75H124O12/c1-4-7-10-13-16-19-22-25-28-31-34-37-40-43-46-49-52-55-58-61-67(76)83-64-66(85-68(77)62-59-56-53-50-47-44-41-38-35-32-29-26-23-20-17-14-11-8-5-2)65-84-75-73(71(80)70(79)72(87-75)74(81)82)86-69(78)63-60-57-54-51-48-45-42-39-36-33-30-27-24-21-18-15-12-9-6-3/h7,9-10,12,16,18-19,21,25,27-28,30,34,36-37,39,45,48,66,70-73,75,79-80H,4-6,8,11,13-15,17,20,22-24,26,29,31-33,35,38,40-44,46-47,49-65H2,1-3H3,(H,81,82)/b10-7-,12-9-,19-16-,21-18-,28-25-,30-27-,37-34-,39-36-,48-45-. The molecule has 1 saturated heterocycles. The molecule has 0 amide bonds. The van der Waals surface area contributed by atoms with E-state index in [1.165, 1.54) is 96.3 Å². The highest BCUT2D eigenvalue weighted by atomic mass is 16.7. The molecular weight excluding hydrogens is 1090 g/mol. The third-order valence-corrected chi connectivity index (χ3v) is 15.3. The predicted molar refractivity (Wildman–Crippen MR) is 358 cm³/mol. The molecule has 12 nitrogen and oxygen atoms in total. The smallest absolute Gasteiger partial charge is 0.335 e. The monoisotopic (exact) mass is 1220 g/mol. The van der Waals surface area contributed by atoms with Crippen LogP contribution in [0.4, 0.5) is 0 Å².